The fourth-order valence-electron chi connectivity index (χ4n) is 7.21. The Bertz CT molecular complexity index is 798. The van der Waals surface area contributed by atoms with Gasteiger partial charge in [0.15, 0.2) is 6.10 Å². The van der Waals surface area contributed by atoms with Gasteiger partial charge in [-0.15, -0.1) is 0 Å². The molecule has 0 N–H and O–H groups in total. The normalized spacial score (nSPS) is 11.8. The van der Waals surface area contributed by atoms with E-state index < -0.39 is 6.10 Å². The summed E-state index contributed by atoms with van der Waals surface area (Å²) in [5.41, 5.74) is 0. The van der Waals surface area contributed by atoms with Gasteiger partial charge in [0.2, 0.25) is 0 Å². The molecular weight excluding hydrogens is 673 g/mol. The van der Waals surface area contributed by atoms with Crippen molar-refractivity contribution < 1.29 is 28.6 Å². The van der Waals surface area contributed by atoms with Crippen LogP contribution in [0.4, 0.5) is 0 Å². The molecule has 0 heterocycles. The van der Waals surface area contributed by atoms with E-state index >= 15 is 0 Å². The Kier molecular flexibility index (Phi) is 42.8. The monoisotopic (exact) mass is 765 g/mol. The Morgan fingerprint density at radius 3 is 0.741 bits per heavy atom. The van der Waals surface area contributed by atoms with Gasteiger partial charge in [-0.25, -0.2) is 0 Å². The van der Waals surface area contributed by atoms with Crippen molar-refractivity contribution in [3.8, 4) is 0 Å². The van der Waals surface area contributed by atoms with Crippen molar-refractivity contribution in [3.63, 3.8) is 0 Å². The number of hydrogen-bond acceptors (Lipinski definition) is 6. The molecule has 0 fully saturated rings. The van der Waals surface area contributed by atoms with Crippen LogP contribution < -0.4 is 0 Å². The highest BCUT2D eigenvalue weighted by Gasteiger charge is 2.19. The molecule has 0 aromatic rings. The maximum absolute atomic E-state index is 12.5. The summed E-state index contributed by atoms with van der Waals surface area (Å²) >= 11 is 0. The van der Waals surface area contributed by atoms with Crippen LogP contribution in [0.5, 0.6) is 0 Å². The summed E-state index contributed by atoms with van der Waals surface area (Å²) in [7, 11) is 0. The van der Waals surface area contributed by atoms with Gasteiger partial charge in [-0.2, -0.15) is 0 Å². The first-order valence-electron chi connectivity index (χ1n) is 24.0. The first-order chi connectivity index (χ1) is 26.5. The summed E-state index contributed by atoms with van der Waals surface area (Å²) in [6.45, 7) is 6.58. The second-order valence-electron chi connectivity index (χ2n) is 16.4. The molecule has 0 bridgehead atoms. The number of carbonyl (C=O) groups is 3. The van der Waals surface area contributed by atoms with Crippen LogP contribution in [0.25, 0.3) is 0 Å². The van der Waals surface area contributed by atoms with E-state index in [-0.39, 0.29) is 31.1 Å². The third-order valence-corrected chi connectivity index (χ3v) is 10.9. The number of esters is 3. The van der Waals surface area contributed by atoms with E-state index in [0.29, 0.717) is 19.3 Å². The summed E-state index contributed by atoms with van der Waals surface area (Å²) in [6.07, 6.45) is 45.5. The molecule has 320 valence electrons. The highest BCUT2D eigenvalue weighted by molar-refractivity contribution is 5.71. The largest absolute Gasteiger partial charge is 0.462 e. The molecule has 0 aromatic carbocycles. The molecule has 6 nitrogen and oxygen atoms in total. The Morgan fingerprint density at radius 1 is 0.296 bits per heavy atom. The highest BCUT2D eigenvalue weighted by Crippen LogP contribution is 2.16. The molecular formula is C48H92O6. The van der Waals surface area contributed by atoms with Gasteiger partial charge in [-0.3, -0.25) is 14.4 Å². The Morgan fingerprint density at radius 2 is 0.500 bits per heavy atom. The molecule has 0 spiro atoms. The molecule has 0 aliphatic carbocycles. The number of rotatable bonds is 44. The lowest BCUT2D eigenvalue weighted by molar-refractivity contribution is -0.167. The Labute approximate surface area is 336 Å². The number of unbranched alkanes of at least 4 members (excludes halogenated alkanes) is 33. The van der Waals surface area contributed by atoms with E-state index in [2.05, 4.69) is 20.8 Å². The molecule has 54 heavy (non-hydrogen) atoms. The molecule has 0 rings (SSSR count). The van der Waals surface area contributed by atoms with Crippen LogP contribution in [0, 0.1) is 0 Å². The fourth-order valence-corrected chi connectivity index (χ4v) is 7.21. The minimum Gasteiger partial charge on any atom is -0.462 e. The van der Waals surface area contributed by atoms with E-state index in [4.69, 9.17) is 14.2 Å². The van der Waals surface area contributed by atoms with Crippen LogP contribution in [0.1, 0.15) is 271 Å². The molecule has 6 heteroatoms. The fraction of sp³-hybridized carbons (Fsp3) is 0.938. The molecule has 1 atom stereocenters. The van der Waals surface area contributed by atoms with Gasteiger partial charge in [0, 0.05) is 19.3 Å². The SMILES string of the molecule is CCCCCCCCCCCCCCCCCCCCC(=O)OC[C@H](COC(=O)CCCCCCCCCCCCCCC)OC(=O)CCCCCCC. The van der Waals surface area contributed by atoms with E-state index in [1.807, 2.05) is 0 Å². The van der Waals surface area contributed by atoms with Gasteiger partial charge >= 0.3 is 17.9 Å². The third kappa shape index (κ3) is 41.6. The second kappa shape index (κ2) is 44.1. The quantitative estimate of drug-likeness (QED) is 0.0349. The third-order valence-electron chi connectivity index (χ3n) is 10.9. The van der Waals surface area contributed by atoms with Crippen LogP contribution in [0.15, 0.2) is 0 Å². The minimum atomic E-state index is -0.756. The molecule has 0 saturated carbocycles. The van der Waals surface area contributed by atoms with Crippen molar-refractivity contribution in [1.82, 2.24) is 0 Å². The molecule has 0 radical (unpaired) electrons. The number of hydrogen-bond donors (Lipinski definition) is 0. The summed E-state index contributed by atoms with van der Waals surface area (Å²) in [6, 6.07) is 0. The Balaban J connectivity index is 4.07. The Hall–Kier alpha value is -1.59. The second-order valence-corrected chi connectivity index (χ2v) is 16.4. The molecule has 0 amide bonds. The van der Waals surface area contributed by atoms with Crippen molar-refractivity contribution in [2.24, 2.45) is 0 Å². The maximum atomic E-state index is 12.5. The van der Waals surface area contributed by atoms with Gasteiger partial charge in [0.1, 0.15) is 13.2 Å². The molecule has 0 unspecified atom stereocenters. The van der Waals surface area contributed by atoms with Crippen LogP contribution in [0.2, 0.25) is 0 Å². The van der Waals surface area contributed by atoms with Crippen LogP contribution in [-0.4, -0.2) is 37.2 Å². The summed E-state index contributed by atoms with van der Waals surface area (Å²) < 4.78 is 16.6. The average molecular weight is 765 g/mol. The zero-order valence-electron chi connectivity index (χ0n) is 36.5. The first-order valence-corrected chi connectivity index (χ1v) is 24.0. The molecule has 0 aromatic heterocycles. The topological polar surface area (TPSA) is 78.9 Å². The number of carbonyl (C=O) groups excluding carboxylic acids is 3. The van der Waals surface area contributed by atoms with E-state index in [9.17, 15) is 14.4 Å². The smallest absolute Gasteiger partial charge is 0.306 e. The lowest BCUT2D eigenvalue weighted by Crippen LogP contribution is -2.30. The highest BCUT2D eigenvalue weighted by atomic mass is 16.6. The lowest BCUT2D eigenvalue weighted by Gasteiger charge is -2.18. The zero-order chi connectivity index (χ0) is 39.4. The molecule has 0 aliphatic heterocycles. The minimum absolute atomic E-state index is 0.0640. The predicted molar refractivity (Wildman–Crippen MR) is 229 cm³/mol. The van der Waals surface area contributed by atoms with Crippen LogP contribution in [0.3, 0.4) is 0 Å². The summed E-state index contributed by atoms with van der Waals surface area (Å²) in [4.78, 5) is 37.5. The van der Waals surface area contributed by atoms with Crippen LogP contribution in [-0.2, 0) is 28.6 Å². The van der Waals surface area contributed by atoms with E-state index in [1.165, 1.54) is 167 Å². The van der Waals surface area contributed by atoms with E-state index in [1.54, 1.807) is 0 Å². The van der Waals surface area contributed by atoms with Gasteiger partial charge in [0.25, 0.3) is 0 Å². The van der Waals surface area contributed by atoms with Crippen LogP contribution >= 0.6 is 0 Å². The van der Waals surface area contributed by atoms with E-state index in [0.717, 1.165) is 64.2 Å². The predicted octanol–water partition coefficient (Wildman–Crippen LogP) is 15.3. The number of ether oxygens (including phenoxy) is 3. The van der Waals surface area contributed by atoms with Gasteiger partial charge in [-0.05, 0) is 19.3 Å². The summed E-state index contributed by atoms with van der Waals surface area (Å²) in [5, 5.41) is 0. The van der Waals surface area contributed by atoms with Gasteiger partial charge in [-0.1, -0.05) is 233 Å². The lowest BCUT2D eigenvalue weighted by atomic mass is 10.0. The van der Waals surface area contributed by atoms with Gasteiger partial charge < -0.3 is 14.2 Å². The standard InChI is InChI=1S/C48H92O6/c1-4-7-10-13-15-17-19-21-22-23-24-25-27-29-31-33-36-38-41-47(50)53-44-45(54-48(51)42-39-34-12-9-6-3)43-52-46(49)40-37-35-32-30-28-26-20-18-16-14-11-8-5-2/h45H,4-44H2,1-3H3/t45-/m0/s1. The molecule has 0 aliphatic rings. The van der Waals surface area contributed by atoms with Crippen molar-refractivity contribution in [2.75, 3.05) is 13.2 Å². The van der Waals surface area contributed by atoms with Crippen molar-refractivity contribution >= 4 is 17.9 Å². The zero-order valence-corrected chi connectivity index (χ0v) is 36.5. The van der Waals surface area contributed by atoms with Crippen molar-refractivity contribution in [2.45, 2.75) is 277 Å². The molecule has 0 saturated heterocycles. The van der Waals surface area contributed by atoms with Crippen molar-refractivity contribution in [3.05, 3.63) is 0 Å². The first kappa shape index (κ1) is 52.4. The summed E-state index contributed by atoms with van der Waals surface area (Å²) in [5.74, 6) is -0.863. The maximum Gasteiger partial charge on any atom is 0.306 e. The van der Waals surface area contributed by atoms with Gasteiger partial charge in [0.05, 0.1) is 0 Å². The van der Waals surface area contributed by atoms with Crippen molar-refractivity contribution in [1.29, 1.82) is 0 Å². The average Bonchev–Trinajstić information content (AvgIpc) is 3.17.